The van der Waals surface area contributed by atoms with Crippen LogP contribution in [0.1, 0.15) is 19.3 Å². The lowest BCUT2D eigenvalue weighted by atomic mass is 10.2. The summed E-state index contributed by atoms with van der Waals surface area (Å²) in [6, 6.07) is 1.83. The molecule has 0 amide bonds. The summed E-state index contributed by atoms with van der Waals surface area (Å²) in [5, 5.41) is 18.5. The van der Waals surface area contributed by atoms with Crippen molar-refractivity contribution >= 4 is 0 Å². The van der Waals surface area contributed by atoms with Crippen molar-refractivity contribution < 1.29 is 4.92 Å². The highest BCUT2D eigenvalue weighted by atomic mass is 16.6. The summed E-state index contributed by atoms with van der Waals surface area (Å²) < 4.78 is 0. The first kappa shape index (κ1) is 6.75. The molecule has 0 saturated carbocycles. The molecule has 0 aromatic rings. The summed E-state index contributed by atoms with van der Waals surface area (Å²) in [7, 11) is 0. The first-order chi connectivity index (χ1) is 4.75. The van der Waals surface area contributed by atoms with Gasteiger partial charge in [0.05, 0.1) is 4.92 Å². The van der Waals surface area contributed by atoms with E-state index in [-0.39, 0.29) is 5.70 Å². The summed E-state index contributed by atoms with van der Waals surface area (Å²) in [5.74, 6) is 0. The number of allylic oxidation sites excluding steroid dienone is 2. The summed E-state index contributed by atoms with van der Waals surface area (Å²) in [6.45, 7) is 0. The second-order valence-corrected chi connectivity index (χ2v) is 2.15. The van der Waals surface area contributed by atoms with Gasteiger partial charge in [0, 0.05) is 6.42 Å². The molecule has 1 rings (SSSR count). The number of rotatable bonds is 1. The zero-order valence-corrected chi connectivity index (χ0v) is 5.33. The van der Waals surface area contributed by atoms with Crippen molar-refractivity contribution in [2.24, 2.45) is 0 Å². The van der Waals surface area contributed by atoms with Crippen LogP contribution in [0.3, 0.4) is 0 Å². The van der Waals surface area contributed by atoms with Gasteiger partial charge >= 0.3 is 0 Å². The van der Waals surface area contributed by atoms with E-state index < -0.39 is 4.92 Å². The molecule has 0 bridgehead atoms. The van der Waals surface area contributed by atoms with Crippen LogP contribution in [0, 0.1) is 21.4 Å². The van der Waals surface area contributed by atoms with Crippen LogP contribution in [0.5, 0.6) is 0 Å². The molecule has 4 nitrogen and oxygen atoms in total. The SMILES string of the molecule is N#CC1=C([N+](=O)[O-])CCC1. The van der Waals surface area contributed by atoms with Crippen molar-refractivity contribution in [1.82, 2.24) is 0 Å². The van der Waals surface area contributed by atoms with Crippen molar-refractivity contribution in [1.29, 1.82) is 5.26 Å². The standard InChI is InChI=1S/C6H6N2O2/c7-4-5-2-1-3-6(5)8(9)10/h1-3H2. The lowest BCUT2D eigenvalue weighted by Crippen LogP contribution is -1.96. The van der Waals surface area contributed by atoms with Gasteiger partial charge in [-0.05, 0) is 12.8 Å². The average Bonchev–Trinajstić information content (AvgIpc) is 2.33. The molecule has 0 atom stereocenters. The number of nitro groups is 1. The molecule has 0 aromatic heterocycles. The van der Waals surface area contributed by atoms with Crippen molar-refractivity contribution in [3.05, 3.63) is 21.4 Å². The molecular weight excluding hydrogens is 132 g/mol. The second-order valence-electron chi connectivity index (χ2n) is 2.15. The van der Waals surface area contributed by atoms with Gasteiger partial charge in [0.2, 0.25) is 0 Å². The van der Waals surface area contributed by atoms with Crippen molar-refractivity contribution in [2.75, 3.05) is 0 Å². The van der Waals surface area contributed by atoms with E-state index in [1.54, 1.807) is 0 Å². The van der Waals surface area contributed by atoms with E-state index >= 15 is 0 Å². The van der Waals surface area contributed by atoms with Crippen LogP contribution < -0.4 is 0 Å². The summed E-state index contributed by atoms with van der Waals surface area (Å²) in [6.07, 6.45) is 1.78. The number of nitrogens with zero attached hydrogens (tertiary/aromatic N) is 2. The van der Waals surface area contributed by atoms with Crippen LogP contribution >= 0.6 is 0 Å². The van der Waals surface area contributed by atoms with Gasteiger partial charge in [-0.1, -0.05) is 0 Å². The first-order valence-electron chi connectivity index (χ1n) is 3.02. The fourth-order valence-corrected chi connectivity index (χ4v) is 1.05. The average molecular weight is 138 g/mol. The second kappa shape index (κ2) is 2.48. The summed E-state index contributed by atoms with van der Waals surface area (Å²) >= 11 is 0. The van der Waals surface area contributed by atoms with Crippen LogP contribution in [-0.2, 0) is 0 Å². The molecule has 0 radical (unpaired) electrons. The normalized spacial score (nSPS) is 17.1. The number of nitriles is 1. The van der Waals surface area contributed by atoms with Crippen molar-refractivity contribution in [3.63, 3.8) is 0 Å². The molecule has 0 saturated heterocycles. The fourth-order valence-electron chi connectivity index (χ4n) is 1.05. The molecule has 10 heavy (non-hydrogen) atoms. The Hall–Kier alpha value is -1.37. The molecule has 0 unspecified atom stereocenters. The Balaban J connectivity index is 2.91. The smallest absolute Gasteiger partial charge is 0.259 e. The maximum Gasteiger partial charge on any atom is 0.259 e. The zero-order chi connectivity index (χ0) is 7.56. The van der Waals surface area contributed by atoms with Gasteiger partial charge in [0.25, 0.3) is 5.70 Å². The van der Waals surface area contributed by atoms with Crippen LogP contribution in [-0.4, -0.2) is 4.92 Å². The largest absolute Gasteiger partial charge is 0.259 e. The minimum atomic E-state index is -0.453. The maximum absolute atomic E-state index is 10.2. The Morgan fingerprint density at radius 3 is 2.70 bits per heavy atom. The quantitative estimate of drug-likeness (QED) is 0.404. The van der Waals surface area contributed by atoms with Crippen molar-refractivity contribution in [3.8, 4) is 6.07 Å². The van der Waals surface area contributed by atoms with E-state index in [0.29, 0.717) is 18.4 Å². The molecule has 0 spiro atoms. The van der Waals surface area contributed by atoms with E-state index in [4.69, 9.17) is 5.26 Å². The molecule has 1 aliphatic carbocycles. The maximum atomic E-state index is 10.2. The number of hydrogen-bond acceptors (Lipinski definition) is 3. The first-order valence-corrected chi connectivity index (χ1v) is 3.02. The molecule has 0 aliphatic heterocycles. The van der Waals surface area contributed by atoms with Gasteiger partial charge in [-0.2, -0.15) is 5.26 Å². The lowest BCUT2D eigenvalue weighted by molar-refractivity contribution is -0.427. The molecule has 0 aromatic carbocycles. The monoisotopic (exact) mass is 138 g/mol. The highest BCUT2D eigenvalue weighted by molar-refractivity contribution is 5.27. The van der Waals surface area contributed by atoms with Crippen LogP contribution in [0.4, 0.5) is 0 Å². The van der Waals surface area contributed by atoms with Gasteiger partial charge in [0.1, 0.15) is 11.6 Å². The van der Waals surface area contributed by atoms with E-state index in [1.165, 1.54) is 0 Å². The zero-order valence-electron chi connectivity index (χ0n) is 5.33. The molecular formula is C6H6N2O2. The van der Waals surface area contributed by atoms with Gasteiger partial charge in [-0.3, -0.25) is 10.1 Å². The molecule has 0 heterocycles. The Morgan fingerprint density at radius 2 is 2.30 bits per heavy atom. The summed E-state index contributed by atoms with van der Waals surface area (Å²) in [5.41, 5.74) is 0.465. The minimum absolute atomic E-state index is 0.113. The number of hydrogen-bond donors (Lipinski definition) is 0. The third kappa shape index (κ3) is 0.982. The highest BCUT2D eigenvalue weighted by Crippen LogP contribution is 2.24. The van der Waals surface area contributed by atoms with Gasteiger partial charge < -0.3 is 0 Å². The van der Waals surface area contributed by atoms with Crippen LogP contribution in [0.25, 0.3) is 0 Å². The fraction of sp³-hybridized carbons (Fsp3) is 0.500. The Bertz CT molecular complexity index is 237. The highest BCUT2D eigenvalue weighted by Gasteiger charge is 2.23. The molecule has 0 fully saturated rings. The Labute approximate surface area is 57.9 Å². The topological polar surface area (TPSA) is 66.9 Å². The van der Waals surface area contributed by atoms with Crippen LogP contribution in [0.15, 0.2) is 11.3 Å². The molecule has 1 aliphatic rings. The Morgan fingerprint density at radius 1 is 1.60 bits per heavy atom. The van der Waals surface area contributed by atoms with E-state index in [1.807, 2.05) is 6.07 Å². The molecule has 4 heteroatoms. The lowest BCUT2D eigenvalue weighted by Gasteiger charge is -1.87. The molecule has 52 valence electrons. The van der Waals surface area contributed by atoms with Crippen LogP contribution in [0.2, 0.25) is 0 Å². The van der Waals surface area contributed by atoms with E-state index in [2.05, 4.69) is 0 Å². The van der Waals surface area contributed by atoms with Gasteiger partial charge in [-0.15, -0.1) is 0 Å². The van der Waals surface area contributed by atoms with Crippen molar-refractivity contribution in [2.45, 2.75) is 19.3 Å². The summed E-state index contributed by atoms with van der Waals surface area (Å²) in [4.78, 5) is 9.71. The predicted octanol–water partition coefficient (Wildman–Crippen LogP) is 1.22. The van der Waals surface area contributed by atoms with E-state index in [0.717, 1.165) is 6.42 Å². The van der Waals surface area contributed by atoms with Gasteiger partial charge in [-0.25, -0.2) is 0 Å². The van der Waals surface area contributed by atoms with E-state index in [9.17, 15) is 10.1 Å². The van der Waals surface area contributed by atoms with Gasteiger partial charge in [0.15, 0.2) is 0 Å². The third-order valence-corrected chi connectivity index (χ3v) is 1.54. The predicted molar refractivity (Wildman–Crippen MR) is 33.5 cm³/mol. The Kier molecular flexibility index (Phi) is 1.67. The molecule has 0 N–H and O–H groups in total. The third-order valence-electron chi connectivity index (χ3n) is 1.54. The minimum Gasteiger partial charge on any atom is -0.259 e.